The topological polar surface area (TPSA) is 55.2 Å². The summed E-state index contributed by atoms with van der Waals surface area (Å²) in [5.74, 6) is 0.680. The van der Waals surface area contributed by atoms with Crippen LogP contribution in [-0.2, 0) is 6.54 Å². The molecule has 0 bridgehead atoms. The van der Waals surface area contributed by atoms with Crippen molar-refractivity contribution >= 4 is 17.3 Å². The zero-order chi connectivity index (χ0) is 14.0. The Morgan fingerprint density at radius 2 is 2.16 bits per heavy atom. The van der Waals surface area contributed by atoms with Crippen LogP contribution in [0.1, 0.15) is 32.3 Å². The Hall–Kier alpha value is -1.13. The van der Waals surface area contributed by atoms with Crippen LogP contribution in [0.2, 0.25) is 5.02 Å². The van der Waals surface area contributed by atoms with Crippen LogP contribution >= 0.6 is 11.6 Å². The van der Waals surface area contributed by atoms with Crippen LogP contribution in [-0.4, -0.2) is 11.5 Å². The minimum absolute atomic E-state index is 0.0223. The van der Waals surface area contributed by atoms with Crippen LogP contribution in [0, 0.1) is 21.4 Å². The highest BCUT2D eigenvalue weighted by atomic mass is 35.5. The Labute approximate surface area is 118 Å². The van der Waals surface area contributed by atoms with Gasteiger partial charge in [0.2, 0.25) is 0 Å². The van der Waals surface area contributed by atoms with Gasteiger partial charge in [-0.1, -0.05) is 31.5 Å². The number of rotatable bonds is 6. The molecule has 19 heavy (non-hydrogen) atoms. The molecule has 2 rings (SSSR count). The minimum Gasteiger partial charge on any atom is -0.312 e. The van der Waals surface area contributed by atoms with Crippen molar-refractivity contribution in [3.05, 3.63) is 38.9 Å². The minimum atomic E-state index is -0.442. The molecule has 1 fully saturated rings. The first kappa shape index (κ1) is 14.3. The van der Waals surface area contributed by atoms with Crippen molar-refractivity contribution in [2.45, 2.75) is 33.2 Å². The molecule has 0 heterocycles. The lowest BCUT2D eigenvalue weighted by molar-refractivity contribution is -0.384. The molecule has 0 unspecified atom stereocenters. The van der Waals surface area contributed by atoms with Gasteiger partial charge in [0.15, 0.2) is 0 Å². The maximum atomic E-state index is 10.8. The van der Waals surface area contributed by atoms with Crippen molar-refractivity contribution in [2.75, 3.05) is 6.54 Å². The summed E-state index contributed by atoms with van der Waals surface area (Å²) in [5.41, 5.74) is 1.32. The third-order valence-corrected chi connectivity index (χ3v) is 4.45. The quantitative estimate of drug-likeness (QED) is 0.638. The molecule has 1 aromatic rings. The molecule has 1 aliphatic rings. The molecule has 4 nitrogen and oxygen atoms in total. The molecule has 1 saturated carbocycles. The summed E-state index contributed by atoms with van der Waals surface area (Å²) in [6.45, 7) is 6.12. The van der Waals surface area contributed by atoms with Crippen molar-refractivity contribution in [3.8, 4) is 0 Å². The lowest BCUT2D eigenvalue weighted by atomic mass is 9.92. The predicted octanol–water partition coefficient (Wildman–Crippen LogP) is 3.77. The molecule has 1 N–H and O–H groups in total. The van der Waals surface area contributed by atoms with Gasteiger partial charge >= 0.3 is 0 Å². The van der Waals surface area contributed by atoms with E-state index in [9.17, 15) is 10.1 Å². The average molecular weight is 283 g/mol. The van der Waals surface area contributed by atoms with Gasteiger partial charge in [0.1, 0.15) is 5.02 Å². The largest absolute Gasteiger partial charge is 0.312 e. The van der Waals surface area contributed by atoms with Crippen LogP contribution < -0.4 is 5.32 Å². The Morgan fingerprint density at radius 1 is 1.47 bits per heavy atom. The maximum absolute atomic E-state index is 10.8. The fourth-order valence-electron chi connectivity index (χ4n) is 2.38. The summed E-state index contributed by atoms with van der Waals surface area (Å²) in [4.78, 5) is 10.4. The van der Waals surface area contributed by atoms with Crippen molar-refractivity contribution in [1.29, 1.82) is 0 Å². The van der Waals surface area contributed by atoms with Gasteiger partial charge in [-0.15, -0.1) is 0 Å². The molecule has 104 valence electrons. The van der Waals surface area contributed by atoms with Gasteiger partial charge in [-0.3, -0.25) is 10.1 Å². The van der Waals surface area contributed by atoms with Gasteiger partial charge in [-0.25, -0.2) is 0 Å². The van der Waals surface area contributed by atoms with Crippen molar-refractivity contribution in [2.24, 2.45) is 11.3 Å². The van der Waals surface area contributed by atoms with Gasteiger partial charge in [-0.2, -0.15) is 0 Å². The van der Waals surface area contributed by atoms with Crippen molar-refractivity contribution < 1.29 is 4.92 Å². The van der Waals surface area contributed by atoms with Crippen LogP contribution in [0.15, 0.2) is 18.2 Å². The fraction of sp³-hybridized carbons (Fsp3) is 0.571. The standard InChI is InChI=1S/C14H19ClN2O2/c1-10(2)14(5-6-14)9-16-8-11-3-4-12(15)13(7-11)17(18)19/h3-4,7,10,16H,5-6,8-9H2,1-2H3. The number of hydrogen-bond donors (Lipinski definition) is 1. The van der Waals surface area contributed by atoms with Gasteiger partial charge < -0.3 is 5.32 Å². The van der Waals surface area contributed by atoms with E-state index in [1.54, 1.807) is 12.1 Å². The summed E-state index contributed by atoms with van der Waals surface area (Å²) in [6, 6.07) is 4.97. The summed E-state index contributed by atoms with van der Waals surface area (Å²) >= 11 is 5.79. The Morgan fingerprint density at radius 3 is 2.68 bits per heavy atom. The van der Waals surface area contributed by atoms with E-state index in [1.165, 1.54) is 12.8 Å². The predicted molar refractivity (Wildman–Crippen MR) is 76.3 cm³/mol. The van der Waals surface area contributed by atoms with E-state index in [-0.39, 0.29) is 10.7 Å². The molecule has 0 radical (unpaired) electrons. The summed E-state index contributed by atoms with van der Waals surface area (Å²) in [5, 5.41) is 14.4. The molecule has 1 aliphatic carbocycles. The normalized spacial score (nSPS) is 16.6. The number of benzene rings is 1. The zero-order valence-electron chi connectivity index (χ0n) is 11.3. The second kappa shape index (κ2) is 5.47. The zero-order valence-corrected chi connectivity index (χ0v) is 12.0. The fourth-order valence-corrected chi connectivity index (χ4v) is 2.57. The molecule has 0 spiro atoms. The second-order valence-electron chi connectivity index (χ2n) is 5.66. The smallest absolute Gasteiger partial charge is 0.288 e. The summed E-state index contributed by atoms with van der Waals surface area (Å²) in [6.07, 6.45) is 2.55. The molecule has 0 saturated heterocycles. The van der Waals surface area contributed by atoms with Gasteiger partial charge in [0.25, 0.3) is 5.69 Å². The number of halogens is 1. The SMILES string of the molecule is CC(C)C1(CNCc2ccc(Cl)c([N+](=O)[O-])c2)CC1. The van der Waals surface area contributed by atoms with E-state index in [0.717, 1.165) is 12.1 Å². The lowest BCUT2D eigenvalue weighted by Gasteiger charge is -2.20. The first-order valence-corrected chi connectivity index (χ1v) is 6.96. The number of nitrogens with one attached hydrogen (secondary N) is 1. The van der Waals surface area contributed by atoms with Crippen molar-refractivity contribution in [3.63, 3.8) is 0 Å². The Kier molecular flexibility index (Phi) is 4.11. The third kappa shape index (κ3) is 3.25. The van der Waals surface area contributed by atoms with Gasteiger partial charge in [0.05, 0.1) is 4.92 Å². The molecule has 0 atom stereocenters. The van der Waals surface area contributed by atoms with E-state index >= 15 is 0 Å². The average Bonchev–Trinajstić information content (AvgIpc) is 3.12. The monoisotopic (exact) mass is 282 g/mol. The van der Waals surface area contributed by atoms with Crippen LogP contribution in [0.5, 0.6) is 0 Å². The van der Waals surface area contributed by atoms with E-state index in [1.807, 2.05) is 6.07 Å². The highest BCUT2D eigenvalue weighted by Crippen LogP contribution is 2.51. The molecule has 0 aliphatic heterocycles. The molecule has 0 amide bonds. The van der Waals surface area contributed by atoms with Crippen LogP contribution in [0.4, 0.5) is 5.69 Å². The molecule has 1 aromatic carbocycles. The van der Waals surface area contributed by atoms with E-state index in [2.05, 4.69) is 19.2 Å². The molecule has 0 aromatic heterocycles. The first-order valence-electron chi connectivity index (χ1n) is 6.58. The second-order valence-corrected chi connectivity index (χ2v) is 6.07. The highest BCUT2D eigenvalue weighted by Gasteiger charge is 2.44. The number of hydrogen-bond acceptors (Lipinski definition) is 3. The lowest BCUT2D eigenvalue weighted by Crippen LogP contribution is -2.27. The number of nitrogens with zero attached hydrogens (tertiary/aromatic N) is 1. The van der Waals surface area contributed by atoms with Crippen LogP contribution in [0.25, 0.3) is 0 Å². The Balaban J connectivity index is 1.93. The Bertz CT molecular complexity index is 484. The van der Waals surface area contributed by atoms with Crippen LogP contribution in [0.3, 0.4) is 0 Å². The van der Waals surface area contributed by atoms with E-state index in [4.69, 9.17) is 11.6 Å². The van der Waals surface area contributed by atoms with Crippen molar-refractivity contribution in [1.82, 2.24) is 5.32 Å². The third-order valence-electron chi connectivity index (χ3n) is 4.13. The number of nitro benzene ring substituents is 1. The molecular formula is C14H19ClN2O2. The summed E-state index contributed by atoms with van der Waals surface area (Å²) < 4.78 is 0. The van der Waals surface area contributed by atoms with Gasteiger partial charge in [0, 0.05) is 19.2 Å². The highest BCUT2D eigenvalue weighted by molar-refractivity contribution is 6.32. The maximum Gasteiger partial charge on any atom is 0.288 e. The van der Waals surface area contributed by atoms with E-state index < -0.39 is 4.92 Å². The van der Waals surface area contributed by atoms with Gasteiger partial charge in [-0.05, 0) is 35.8 Å². The first-order chi connectivity index (χ1) is 8.94. The molecular weight excluding hydrogens is 264 g/mol. The molecule has 5 heteroatoms. The number of nitro groups is 1. The van der Waals surface area contributed by atoms with E-state index in [0.29, 0.717) is 17.9 Å². The summed E-state index contributed by atoms with van der Waals surface area (Å²) in [7, 11) is 0.